The molecular weight excluding hydrogens is 317 g/mol. The number of nitrogens with one attached hydrogen (secondary N) is 1. The van der Waals surface area contributed by atoms with E-state index < -0.39 is 0 Å². The van der Waals surface area contributed by atoms with Crippen molar-refractivity contribution in [1.29, 1.82) is 0 Å². The normalized spacial score (nSPS) is 17.0. The summed E-state index contributed by atoms with van der Waals surface area (Å²) >= 11 is 5.90. The molecule has 0 amide bonds. The molecule has 0 bridgehead atoms. The van der Waals surface area contributed by atoms with Crippen LogP contribution < -0.4 is 10.1 Å². The smallest absolute Gasteiger partial charge is 0.119 e. The van der Waals surface area contributed by atoms with Crippen LogP contribution >= 0.6 is 24.0 Å². The topological polar surface area (TPSA) is 21.3 Å². The van der Waals surface area contributed by atoms with Crippen LogP contribution in [-0.2, 0) is 6.42 Å². The number of ether oxygens (including phenoxy) is 1. The maximum Gasteiger partial charge on any atom is 0.119 e. The molecule has 1 atom stereocenters. The first-order chi connectivity index (χ1) is 10.3. The molecule has 0 radical (unpaired) electrons. The van der Waals surface area contributed by atoms with Gasteiger partial charge in [-0.3, -0.25) is 0 Å². The molecule has 2 nitrogen and oxygen atoms in total. The van der Waals surface area contributed by atoms with Gasteiger partial charge in [-0.05, 0) is 61.2 Å². The van der Waals surface area contributed by atoms with Gasteiger partial charge in [0, 0.05) is 11.1 Å². The van der Waals surface area contributed by atoms with Crippen LogP contribution in [0.4, 0.5) is 0 Å². The number of hydrogen-bond donors (Lipinski definition) is 1. The molecule has 1 aliphatic heterocycles. The van der Waals surface area contributed by atoms with Crippen LogP contribution in [0.25, 0.3) is 0 Å². The highest BCUT2D eigenvalue weighted by molar-refractivity contribution is 6.30. The first kappa shape index (κ1) is 17.1. The van der Waals surface area contributed by atoms with Crippen LogP contribution in [-0.4, -0.2) is 19.2 Å². The quantitative estimate of drug-likeness (QED) is 0.868. The fraction of sp³-hybridized carbons (Fsp3) is 0.333. The van der Waals surface area contributed by atoms with Crippen molar-refractivity contribution in [1.82, 2.24) is 5.32 Å². The summed E-state index contributed by atoms with van der Waals surface area (Å²) in [4.78, 5) is 0. The lowest BCUT2D eigenvalue weighted by atomic mass is 10.1. The largest absolute Gasteiger partial charge is 0.492 e. The molecular formula is C18H21Cl2NO. The van der Waals surface area contributed by atoms with Gasteiger partial charge in [0.1, 0.15) is 12.4 Å². The molecule has 1 heterocycles. The summed E-state index contributed by atoms with van der Waals surface area (Å²) in [5, 5.41) is 4.22. The van der Waals surface area contributed by atoms with Gasteiger partial charge in [0.05, 0.1) is 0 Å². The van der Waals surface area contributed by atoms with Crippen molar-refractivity contribution in [2.75, 3.05) is 13.2 Å². The number of halogens is 2. The van der Waals surface area contributed by atoms with Crippen molar-refractivity contribution in [2.24, 2.45) is 0 Å². The van der Waals surface area contributed by atoms with Gasteiger partial charge in [-0.2, -0.15) is 0 Å². The Kier molecular flexibility index (Phi) is 6.56. The van der Waals surface area contributed by atoms with Crippen LogP contribution in [0.2, 0.25) is 5.02 Å². The van der Waals surface area contributed by atoms with Crippen molar-refractivity contribution in [3.8, 4) is 5.75 Å². The summed E-state index contributed by atoms with van der Waals surface area (Å²) in [5.41, 5.74) is 2.55. The third kappa shape index (κ3) is 4.91. The molecule has 3 rings (SSSR count). The Balaban J connectivity index is 0.00000176. The molecule has 2 aromatic rings. The lowest BCUT2D eigenvalue weighted by Crippen LogP contribution is -2.28. The molecule has 118 valence electrons. The lowest BCUT2D eigenvalue weighted by molar-refractivity contribution is 0.277. The molecule has 1 aliphatic rings. The van der Waals surface area contributed by atoms with Gasteiger partial charge in [-0.1, -0.05) is 35.9 Å². The molecule has 1 fully saturated rings. The molecule has 0 spiro atoms. The molecule has 0 unspecified atom stereocenters. The Morgan fingerprint density at radius 1 is 1.00 bits per heavy atom. The molecule has 0 saturated carbocycles. The van der Waals surface area contributed by atoms with E-state index in [2.05, 4.69) is 41.7 Å². The van der Waals surface area contributed by atoms with Crippen LogP contribution in [0.3, 0.4) is 0 Å². The summed E-state index contributed by atoms with van der Waals surface area (Å²) in [5.74, 6) is 0.948. The fourth-order valence-corrected chi connectivity index (χ4v) is 2.76. The zero-order valence-corrected chi connectivity index (χ0v) is 14.0. The maximum atomic E-state index is 5.90. The number of hydrogen-bond acceptors (Lipinski definition) is 2. The predicted octanol–water partition coefficient (Wildman–Crippen LogP) is 4.48. The highest BCUT2D eigenvalue weighted by Gasteiger charge is 2.14. The highest BCUT2D eigenvalue weighted by atomic mass is 35.5. The molecule has 0 aliphatic carbocycles. The Hall–Kier alpha value is -1.22. The minimum Gasteiger partial charge on any atom is -0.492 e. The second-order valence-electron chi connectivity index (χ2n) is 5.55. The zero-order valence-electron chi connectivity index (χ0n) is 12.4. The van der Waals surface area contributed by atoms with Crippen molar-refractivity contribution in [2.45, 2.75) is 25.3 Å². The van der Waals surface area contributed by atoms with Gasteiger partial charge in [0.15, 0.2) is 0 Å². The van der Waals surface area contributed by atoms with Crippen LogP contribution in [0.5, 0.6) is 5.75 Å². The average Bonchev–Trinajstić information content (AvgIpc) is 3.02. The van der Waals surface area contributed by atoms with E-state index in [1.54, 1.807) is 0 Å². The number of benzene rings is 2. The van der Waals surface area contributed by atoms with E-state index in [0.29, 0.717) is 6.04 Å². The molecule has 1 saturated heterocycles. The molecule has 1 N–H and O–H groups in total. The van der Waals surface area contributed by atoms with E-state index in [1.165, 1.54) is 24.0 Å². The fourth-order valence-electron chi connectivity index (χ4n) is 2.64. The lowest BCUT2D eigenvalue weighted by Gasteiger charge is -2.12. The van der Waals surface area contributed by atoms with Gasteiger partial charge < -0.3 is 10.1 Å². The van der Waals surface area contributed by atoms with Crippen molar-refractivity contribution in [3.63, 3.8) is 0 Å². The maximum absolute atomic E-state index is 5.90. The Morgan fingerprint density at radius 2 is 1.64 bits per heavy atom. The van der Waals surface area contributed by atoms with Crippen molar-refractivity contribution < 1.29 is 4.74 Å². The van der Waals surface area contributed by atoms with Crippen molar-refractivity contribution >= 4 is 24.0 Å². The van der Waals surface area contributed by atoms with Gasteiger partial charge in [0.2, 0.25) is 0 Å². The predicted molar refractivity (Wildman–Crippen MR) is 94.5 cm³/mol. The minimum absolute atomic E-state index is 0. The van der Waals surface area contributed by atoms with Gasteiger partial charge >= 0.3 is 0 Å². The van der Waals surface area contributed by atoms with Gasteiger partial charge in [0.25, 0.3) is 0 Å². The zero-order chi connectivity index (χ0) is 14.5. The van der Waals surface area contributed by atoms with E-state index >= 15 is 0 Å². The summed E-state index contributed by atoms with van der Waals surface area (Å²) in [6, 6.07) is 16.9. The van der Waals surface area contributed by atoms with E-state index in [9.17, 15) is 0 Å². The summed E-state index contributed by atoms with van der Waals surface area (Å²) < 4.78 is 5.83. The molecule has 0 aromatic heterocycles. The number of rotatable bonds is 5. The molecule has 22 heavy (non-hydrogen) atoms. The van der Waals surface area contributed by atoms with Gasteiger partial charge in [-0.25, -0.2) is 0 Å². The van der Waals surface area contributed by atoms with Crippen LogP contribution in [0, 0.1) is 0 Å². The van der Waals surface area contributed by atoms with Gasteiger partial charge in [-0.15, -0.1) is 12.4 Å². The highest BCUT2D eigenvalue weighted by Crippen LogP contribution is 2.17. The second-order valence-corrected chi connectivity index (χ2v) is 5.99. The Morgan fingerprint density at radius 3 is 2.23 bits per heavy atom. The first-order valence-electron chi connectivity index (χ1n) is 7.49. The SMILES string of the molecule is Cl.Clc1ccc(Cc2ccc(OC[C@H]3CCCN3)cc2)cc1. The van der Waals surface area contributed by atoms with Crippen LogP contribution in [0.1, 0.15) is 24.0 Å². The standard InChI is InChI=1S/C18H20ClNO.ClH/c19-16-7-3-14(4-8-16)12-15-5-9-18(10-6-15)21-13-17-2-1-11-20-17;/h3-10,17,20H,1-2,11-13H2;1H/t17-;/m1./s1. The van der Waals surface area contributed by atoms with E-state index in [1.807, 2.05) is 12.1 Å². The summed E-state index contributed by atoms with van der Waals surface area (Å²) in [6.07, 6.45) is 3.39. The second kappa shape index (κ2) is 8.42. The van der Waals surface area contributed by atoms with Crippen LogP contribution in [0.15, 0.2) is 48.5 Å². The van der Waals surface area contributed by atoms with E-state index in [-0.39, 0.29) is 12.4 Å². The molecule has 4 heteroatoms. The summed E-state index contributed by atoms with van der Waals surface area (Å²) in [7, 11) is 0. The average molecular weight is 338 g/mol. The summed E-state index contributed by atoms with van der Waals surface area (Å²) in [6.45, 7) is 1.88. The third-order valence-corrected chi connectivity index (χ3v) is 4.11. The third-order valence-electron chi connectivity index (χ3n) is 3.86. The van der Waals surface area contributed by atoms with Crippen molar-refractivity contribution in [3.05, 3.63) is 64.7 Å². The molecule has 2 aromatic carbocycles. The van der Waals surface area contributed by atoms with E-state index in [0.717, 1.165) is 30.3 Å². The van der Waals surface area contributed by atoms with E-state index in [4.69, 9.17) is 16.3 Å². The Labute approximate surface area is 143 Å². The monoisotopic (exact) mass is 337 g/mol. The Bertz CT molecular complexity index is 563. The first-order valence-corrected chi connectivity index (χ1v) is 7.87. The minimum atomic E-state index is 0.